The summed E-state index contributed by atoms with van der Waals surface area (Å²) in [5.74, 6) is -0.524. The first-order valence-electron chi connectivity index (χ1n) is 7.20. The van der Waals surface area contributed by atoms with Gasteiger partial charge in [-0.1, -0.05) is 6.92 Å². The van der Waals surface area contributed by atoms with Crippen molar-refractivity contribution in [3.63, 3.8) is 0 Å². The van der Waals surface area contributed by atoms with E-state index >= 15 is 0 Å². The summed E-state index contributed by atoms with van der Waals surface area (Å²) in [6, 6.07) is 3.77. The van der Waals surface area contributed by atoms with Crippen LogP contribution in [0.15, 0.2) is 23.1 Å². The van der Waals surface area contributed by atoms with Crippen molar-refractivity contribution >= 4 is 16.0 Å². The van der Waals surface area contributed by atoms with Gasteiger partial charge in [0.1, 0.15) is 10.6 Å². The molecule has 1 heterocycles. The molecule has 2 rings (SSSR count). The molecule has 6 nitrogen and oxygen atoms in total. The summed E-state index contributed by atoms with van der Waals surface area (Å²) in [5.41, 5.74) is -0.0718. The predicted molar refractivity (Wildman–Crippen MR) is 81.7 cm³/mol. The van der Waals surface area contributed by atoms with Gasteiger partial charge in [0.05, 0.1) is 12.7 Å². The Labute approximate surface area is 130 Å². The van der Waals surface area contributed by atoms with Gasteiger partial charge in [-0.25, -0.2) is 13.2 Å². The van der Waals surface area contributed by atoms with Crippen LogP contribution in [-0.4, -0.2) is 43.5 Å². The fourth-order valence-electron chi connectivity index (χ4n) is 2.88. The zero-order valence-corrected chi connectivity index (χ0v) is 13.8. The number of nitrogens with zero attached hydrogens (tertiary/aromatic N) is 1. The number of rotatable bonds is 4. The third kappa shape index (κ3) is 3.10. The minimum absolute atomic E-state index is 0.0718. The Morgan fingerprint density at radius 2 is 2.05 bits per heavy atom. The van der Waals surface area contributed by atoms with Gasteiger partial charge < -0.3 is 9.84 Å². The van der Waals surface area contributed by atoms with Crippen molar-refractivity contribution in [2.24, 2.45) is 5.92 Å². The molecule has 0 saturated carbocycles. The van der Waals surface area contributed by atoms with Crippen LogP contribution in [0, 0.1) is 5.92 Å². The highest BCUT2D eigenvalue weighted by Gasteiger charge is 2.35. The number of carbonyl (C=O) groups is 1. The van der Waals surface area contributed by atoms with E-state index in [1.165, 1.54) is 29.6 Å². The van der Waals surface area contributed by atoms with Crippen LogP contribution in [0.2, 0.25) is 0 Å². The molecule has 122 valence electrons. The number of aromatic carboxylic acids is 1. The average molecular weight is 327 g/mol. The van der Waals surface area contributed by atoms with E-state index in [-0.39, 0.29) is 22.3 Å². The molecule has 1 saturated heterocycles. The highest BCUT2D eigenvalue weighted by atomic mass is 32.2. The first kappa shape index (κ1) is 16.8. The quantitative estimate of drug-likeness (QED) is 0.916. The Bertz CT molecular complexity index is 671. The molecule has 2 unspecified atom stereocenters. The lowest BCUT2D eigenvalue weighted by atomic mass is 9.95. The fourth-order valence-corrected chi connectivity index (χ4v) is 4.72. The third-order valence-corrected chi connectivity index (χ3v) is 6.11. The zero-order chi connectivity index (χ0) is 16.5. The Balaban J connectivity index is 2.48. The van der Waals surface area contributed by atoms with E-state index in [2.05, 4.69) is 6.92 Å². The monoisotopic (exact) mass is 327 g/mol. The van der Waals surface area contributed by atoms with Crippen molar-refractivity contribution in [1.29, 1.82) is 0 Å². The summed E-state index contributed by atoms with van der Waals surface area (Å²) in [4.78, 5) is 11.0. The van der Waals surface area contributed by atoms with E-state index in [1.807, 2.05) is 6.92 Å². The maximum Gasteiger partial charge on any atom is 0.335 e. The smallest absolute Gasteiger partial charge is 0.335 e. The first-order chi connectivity index (χ1) is 10.3. The van der Waals surface area contributed by atoms with E-state index in [9.17, 15) is 13.2 Å². The summed E-state index contributed by atoms with van der Waals surface area (Å²) >= 11 is 0. The average Bonchev–Trinajstić information content (AvgIpc) is 2.46. The maximum atomic E-state index is 12.9. The second-order valence-corrected chi connectivity index (χ2v) is 7.62. The lowest BCUT2D eigenvalue weighted by molar-refractivity contribution is 0.0696. The van der Waals surface area contributed by atoms with Gasteiger partial charge in [-0.05, 0) is 43.9 Å². The molecule has 1 fully saturated rings. The largest absolute Gasteiger partial charge is 0.495 e. The predicted octanol–water partition coefficient (Wildman–Crippen LogP) is 2.20. The molecule has 1 aromatic rings. The van der Waals surface area contributed by atoms with E-state index in [1.54, 1.807) is 0 Å². The SMILES string of the molecule is COc1ccc(C(=O)O)cc1S(=O)(=O)N1CCC(C)CC1C. The number of hydrogen-bond donors (Lipinski definition) is 1. The Kier molecular flexibility index (Phi) is 4.77. The molecule has 1 N–H and O–H groups in total. The fraction of sp³-hybridized carbons (Fsp3) is 0.533. The zero-order valence-electron chi connectivity index (χ0n) is 12.9. The topological polar surface area (TPSA) is 83.9 Å². The Morgan fingerprint density at radius 3 is 2.59 bits per heavy atom. The van der Waals surface area contributed by atoms with Crippen molar-refractivity contribution in [1.82, 2.24) is 4.31 Å². The number of carboxylic acid groups (broad SMARTS) is 1. The second-order valence-electron chi connectivity index (χ2n) is 5.77. The van der Waals surface area contributed by atoms with Crippen LogP contribution < -0.4 is 4.74 Å². The molecule has 1 aliphatic rings. The number of benzene rings is 1. The standard InChI is InChI=1S/C15H21NO5S/c1-10-6-7-16(11(2)8-10)22(19,20)14-9-12(15(17)18)4-5-13(14)21-3/h4-5,9-11H,6-8H2,1-3H3,(H,17,18). The molecule has 22 heavy (non-hydrogen) atoms. The van der Waals surface area contributed by atoms with Crippen molar-refractivity contribution in [2.75, 3.05) is 13.7 Å². The number of sulfonamides is 1. The molecule has 0 bridgehead atoms. The third-order valence-electron chi connectivity index (χ3n) is 4.07. The first-order valence-corrected chi connectivity index (χ1v) is 8.64. The molecule has 0 aromatic heterocycles. The number of piperidine rings is 1. The molecule has 7 heteroatoms. The summed E-state index contributed by atoms with van der Waals surface area (Å²) in [6.45, 7) is 4.41. The Hall–Kier alpha value is -1.60. The number of methoxy groups -OCH3 is 1. The number of carboxylic acids is 1. The van der Waals surface area contributed by atoms with Gasteiger partial charge in [-0.15, -0.1) is 0 Å². The number of ether oxygens (including phenoxy) is 1. The van der Waals surface area contributed by atoms with Crippen molar-refractivity contribution in [3.8, 4) is 5.75 Å². The lowest BCUT2D eigenvalue weighted by Crippen LogP contribution is -2.44. The van der Waals surface area contributed by atoms with Gasteiger partial charge in [0, 0.05) is 12.6 Å². The normalized spacial score (nSPS) is 23.2. The minimum atomic E-state index is -3.79. The molecule has 1 aliphatic heterocycles. The molecule has 0 aliphatic carbocycles. The van der Waals surface area contributed by atoms with Crippen LogP contribution >= 0.6 is 0 Å². The van der Waals surface area contributed by atoms with Crippen molar-refractivity contribution < 1.29 is 23.1 Å². The highest BCUT2D eigenvalue weighted by Crippen LogP contribution is 2.33. The molecule has 0 amide bonds. The minimum Gasteiger partial charge on any atom is -0.495 e. The van der Waals surface area contributed by atoms with Crippen molar-refractivity contribution in [2.45, 2.75) is 37.6 Å². The summed E-state index contributed by atoms with van der Waals surface area (Å²) < 4.78 is 32.4. The van der Waals surface area contributed by atoms with Crippen LogP contribution in [-0.2, 0) is 10.0 Å². The van der Waals surface area contributed by atoms with Crippen LogP contribution in [0.5, 0.6) is 5.75 Å². The van der Waals surface area contributed by atoms with Gasteiger partial charge in [-0.3, -0.25) is 0 Å². The van der Waals surface area contributed by atoms with Gasteiger partial charge >= 0.3 is 5.97 Å². The number of hydrogen-bond acceptors (Lipinski definition) is 4. The molecule has 0 spiro atoms. The van der Waals surface area contributed by atoms with Gasteiger partial charge in [0.2, 0.25) is 10.0 Å². The van der Waals surface area contributed by atoms with Crippen molar-refractivity contribution in [3.05, 3.63) is 23.8 Å². The van der Waals surface area contributed by atoms with Crippen LogP contribution in [0.25, 0.3) is 0 Å². The highest BCUT2D eigenvalue weighted by molar-refractivity contribution is 7.89. The lowest BCUT2D eigenvalue weighted by Gasteiger charge is -2.35. The van der Waals surface area contributed by atoms with Gasteiger partial charge in [0.25, 0.3) is 0 Å². The molecule has 2 atom stereocenters. The Morgan fingerprint density at radius 1 is 1.36 bits per heavy atom. The van der Waals surface area contributed by atoms with E-state index in [0.717, 1.165) is 12.8 Å². The van der Waals surface area contributed by atoms with E-state index in [4.69, 9.17) is 9.84 Å². The van der Waals surface area contributed by atoms with E-state index < -0.39 is 16.0 Å². The molecule has 0 radical (unpaired) electrons. The van der Waals surface area contributed by atoms with Crippen LogP contribution in [0.4, 0.5) is 0 Å². The van der Waals surface area contributed by atoms with Crippen LogP contribution in [0.3, 0.4) is 0 Å². The van der Waals surface area contributed by atoms with Crippen LogP contribution in [0.1, 0.15) is 37.0 Å². The maximum absolute atomic E-state index is 12.9. The second kappa shape index (κ2) is 6.26. The summed E-state index contributed by atoms with van der Waals surface area (Å²) in [7, 11) is -2.42. The molecular weight excluding hydrogens is 306 g/mol. The summed E-state index contributed by atoms with van der Waals surface area (Å²) in [5, 5.41) is 9.09. The molecular formula is C15H21NO5S. The van der Waals surface area contributed by atoms with Gasteiger partial charge in [-0.2, -0.15) is 4.31 Å². The molecule has 1 aromatic carbocycles. The van der Waals surface area contributed by atoms with Gasteiger partial charge in [0.15, 0.2) is 0 Å². The summed E-state index contributed by atoms with van der Waals surface area (Å²) in [6.07, 6.45) is 1.59. The van der Waals surface area contributed by atoms with E-state index in [0.29, 0.717) is 12.5 Å².